The maximum atomic E-state index is 5.97. The van der Waals surface area contributed by atoms with E-state index in [0.717, 1.165) is 30.3 Å². The number of thioether (sulfide) groups is 1. The Balaban J connectivity index is 2.33. The number of rotatable bonds is 4. The molecule has 1 saturated heterocycles. The Hall–Kier alpha value is -0.740. The fourth-order valence-electron chi connectivity index (χ4n) is 2.56. The lowest BCUT2D eigenvalue weighted by molar-refractivity contribution is 0.438. The minimum absolute atomic E-state index is 0.519. The highest BCUT2D eigenvalue weighted by atomic mass is 32.2. The first-order valence-corrected chi connectivity index (χ1v) is 8.33. The molecule has 1 aliphatic rings. The average molecular weight is 294 g/mol. The summed E-state index contributed by atoms with van der Waals surface area (Å²) in [6.45, 7) is 6.70. The third-order valence-electron chi connectivity index (χ3n) is 3.67. The molecule has 0 amide bonds. The highest BCUT2D eigenvalue weighted by Gasteiger charge is 2.20. The van der Waals surface area contributed by atoms with Gasteiger partial charge in [-0.1, -0.05) is 32.1 Å². The molecule has 0 atom stereocenters. The highest BCUT2D eigenvalue weighted by Crippen LogP contribution is 2.32. The molecule has 0 saturated carbocycles. The highest BCUT2D eigenvalue weighted by molar-refractivity contribution is 7.99. The topological polar surface area (TPSA) is 29.3 Å². The summed E-state index contributed by atoms with van der Waals surface area (Å²) >= 11 is 7.10. The van der Waals surface area contributed by atoms with Gasteiger partial charge in [0, 0.05) is 29.2 Å². The van der Waals surface area contributed by atoms with Crippen LogP contribution in [0.25, 0.3) is 0 Å². The summed E-state index contributed by atoms with van der Waals surface area (Å²) in [5.41, 5.74) is 8.26. The second-order valence-electron chi connectivity index (χ2n) is 5.12. The van der Waals surface area contributed by atoms with Gasteiger partial charge in [-0.05, 0) is 36.6 Å². The van der Waals surface area contributed by atoms with Gasteiger partial charge in [-0.3, -0.25) is 0 Å². The van der Waals surface area contributed by atoms with E-state index in [4.69, 9.17) is 18.0 Å². The quantitative estimate of drug-likeness (QED) is 0.678. The number of nitrogens with zero attached hydrogens (tertiary/aromatic N) is 1. The van der Waals surface area contributed by atoms with E-state index >= 15 is 0 Å². The van der Waals surface area contributed by atoms with Crippen molar-refractivity contribution in [1.29, 1.82) is 0 Å². The van der Waals surface area contributed by atoms with Crippen molar-refractivity contribution in [2.45, 2.75) is 31.6 Å². The second kappa shape index (κ2) is 6.62. The van der Waals surface area contributed by atoms with Crippen molar-refractivity contribution in [3.8, 4) is 0 Å². The molecule has 0 aromatic heterocycles. The monoisotopic (exact) mass is 294 g/mol. The number of piperidine rings is 1. The van der Waals surface area contributed by atoms with Crippen molar-refractivity contribution in [3.05, 3.63) is 23.8 Å². The molecular formula is C15H22N2S2. The molecule has 1 aromatic rings. The molecule has 2 rings (SSSR count). The minimum atomic E-state index is 0.519. The number of nitrogens with two attached hydrogens (primary N) is 1. The molecule has 1 fully saturated rings. The van der Waals surface area contributed by atoms with Crippen LogP contribution in [0.3, 0.4) is 0 Å². The maximum absolute atomic E-state index is 5.97. The van der Waals surface area contributed by atoms with Gasteiger partial charge in [0.2, 0.25) is 0 Å². The van der Waals surface area contributed by atoms with Crippen molar-refractivity contribution in [2.24, 2.45) is 11.7 Å². The summed E-state index contributed by atoms with van der Waals surface area (Å²) in [5, 5.41) is 0. The van der Waals surface area contributed by atoms with Crippen LogP contribution >= 0.6 is 24.0 Å². The molecule has 0 radical (unpaired) electrons. The van der Waals surface area contributed by atoms with Crippen LogP contribution in [-0.4, -0.2) is 23.8 Å². The zero-order chi connectivity index (χ0) is 13.8. The molecule has 19 heavy (non-hydrogen) atoms. The predicted octanol–water partition coefficient (Wildman–Crippen LogP) is 3.67. The van der Waals surface area contributed by atoms with Crippen LogP contribution in [0, 0.1) is 5.92 Å². The molecule has 1 heterocycles. The van der Waals surface area contributed by atoms with Crippen LogP contribution in [0.5, 0.6) is 0 Å². The summed E-state index contributed by atoms with van der Waals surface area (Å²) < 4.78 is 0. The van der Waals surface area contributed by atoms with E-state index in [1.807, 2.05) is 11.8 Å². The Morgan fingerprint density at radius 1 is 1.42 bits per heavy atom. The first kappa shape index (κ1) is 14.7. The van der Waals surface area contributed by atoms with Gasteiger partial charge in [0.1, 0.15) is 4.99 Å². The van der Waals surface area contributed by atoms with Crippen molar-refractivity contribution in [3.63, 3.8) is 0 Å². The summed E-state index contributed by atoms with van der Waals surface area (Å²) in [5.74, 6) is 1.87. The van der Waals surface area contributed by atoms with Crippen LogP contribution in [-0.2, 0) is 0 Å². The molecule has 0 bridgehead atoms. The van der Waals surface area contributed by atoms with Crippen molar-refractivity contribution in [1.82, 2.24) is 0 Å². The normalized spacial score (nSPS) is 16.6. The number of thiocarbonyl (C=S) groups is 1. The van der Waals surface area contributed by atoms with Crippen LogP contribution in [0.15, 0.2) is 23.1 Å². The Kier molecular flexibility index (Phi) is 5.11. The van der Waals surface area contributed by atoms with Crippen molar-refractivity contribution < 1.29 is 0 Å². The van der Waals surface area contributed by atoms with Gasteiger partial charge in [-0.2, -0.15) is 0 Å². The van der Waals surface area contributed by atoms with Crippen LogP contribution in [0.1, 0.15) is 32.3 Å². The molecule has 1 aromatic carbocycles. The van der Waals surface area contributed by atoms with E-state index in [2.05, 4.69) is 36.9 Å². The minimum Gasteiger partial charge on any atom is -0.389 e. The van der Waals surface area contributed by atoms with Crippen LogP contribution in [0.2, 0.25) is 0 Å². The summed E-state index contributed by atoms with van der Waals surface area (Å²) in [6.07, 6.45) is 2.50. The molecule has 2 N–H and O–H groups in total. The number of benzene rings is 1. The van der Waals surface area contributed by atoms with E-state index < -0.39 is 0 Å². The Morgan fingerprint density at radius 2 is 2.11 bits per heavy atom. The van der Waals surface area contributed by atoms with Gasteiger partial charge in [-0.15, -0.1) is 11.8 Å². The molecule has 2 nitrogen and oxygen atoms in total. The Labute approximate surface area is 125 Å². The van der Waals surface area contributed by atoms with Gasteiger partial charge < -0.3 is 10.6 Å². The van der Waals surface area contributed by atoms with Gasteiger partial charge in [0.15, 0.2) is 0 Å². The van der Waals surface area contributed by atoms with Gasteiger partial charge in [0.25, 0.3) is 0 Å². The molecule has 0 aliphatic carbocycles. The summed E-state index contributed by atoms with van der Waals surface area (Å²) in [6, 6.07) is 6.40. The van der Waals surface area contributed by atoms with E-state index in [1.165, 1.54) is 23.4 Å². The van der Waals surface area contributed by atoms with Crippen molar-refractivity contribution >= 4 is 34.7 Å². The van der Waals surface area contributed by atoms with E-state index in [-0.39, 0.29) is 0 Å². The van der Waals surface area contributed by atoms with Gasteiger partial charge in [0.05, 0.1) is 0 Å². The lowest BCUT2D eigenvalue weighted by Gasteiger charge is -2.33. The lowest BCUT2D eigenvalue weighted by Crippen LogP contribution is -2.34. The lowest BCUT2D eigenvalue weighted by atomic mass is 9.98. The first-order valence-electron chi connectivity index (χ1n) is 6.94. The van der Waals surface area contributed by atoms with E-state index in [0.29, 0.717) is 4.99 Å². The summed E-state index contributed by atoms with van der Waals surface area (Å²) in [4.78, 5) is 4.17. The van der Waals surface area contributed by atoms with E-state index in [9.17, 15) is 0 Å². The molecule has 0 spiro atoms. The molecule has 4 heteroatoms. The zero-order valence-corrected chi connectivity index (χ0v) is 13.3. The first-order chi connectivity index (χ1) is 9.13. The fraction of sp³-hybridized carbons (Fsp3) is 0.533. The van der Waals surface area contributed by atoms with Crippen LogP contribution in [0.4, 0.5) is 5.69 Å². The maximum Gasteiger partial charge on any atom is 0.107 e. The second-order valence-corrected chi connectivity index (χ2v) is 6.86. The van der Waals surface area contributed by atoms with Crippen molar-refractivity contribution in [2.75, 3.05) is 23.7 Å². The predicted molar refractivity (Wildman–Crippen MR) is 89.3 cm³/mol. The average Bonchev–Trinajstić information content (AvgIpc) is 2.39. The fourth-order valence-corrected chi connectivity index (χ4v) is 3.68. The van der Waals surface area contributed by atoms with Crippen LogP contribution < -0.4 is 10.6 Å². The number of hydrogen-bond acceptors (Lipinski definition) is 3. The summed E-state index contributed by atoms with van der Waals surface area (Å²) in [7, 11) is 0. The SMILES string of the molecule is CCSc1cccc(N2CCC(C)CC2)c1C(N)=S. The molecular weight excluding hydrogens is 272 g/mol. The molecule has 1 aliphatic heterocycles. The van der Waals surface area contributed by atoms with Gasteiger partial charge in [-0.25, -0.2) is 0 Å². The molecule has 104 valence electrons. The standard InChI is InChI=1S/C15H22N2S2/c1-3-19-13-6-4-5-12(14(13)15(16)18)17-9-7-11(2)8-10-17/h4-6,11H,3,7-10H2,1-2H3,(H2,16,18). The Bertz CT molecular complexity index is 451. The zero-order valence-electron chi connectivity index (χ0n) is 11.7. The van der Waals surface area contributed by atoms with E-state index in [1.54, 1.807) is 0 Å². The smallest absolute Gasteiger partial charge is 0.107 e. The number of hydrogen-bond donors (Lipinski definition) is 1. The number of anilines is 1. The largest absolute Gasteiger partial charge is 0.389 e. The third kappa shape index (κ3) is 3.42. The molecule has 0 unspecified atom stereocenters. The third-order valence-corrected chi connectivity index (χ3v) is 4.82. The van der Waals surface area contributed by atoms with Gasteiger partial charge >= 0.3 is 0 Å². The Morgan fingerprint density at radius 3 is 2.68 bits per heavy atom.